The topological polar surface area (TPSA) is 25.2 Å². The number of para-hydroxylation sites is 1. The lowest BCUT2D eigenvalue weighted by Gasteiger charge is -2.22. The highest BCUT2D eigenvalue weighted by molar-refractivity contribution is 6.17. The number of rotatable bonds is 3. The lowest BCUT2D eigenvalue weighted by molar-refractivity contribution is 0.660. The van der Waals surface area contributed by atoms with E-state index in [0.29, 0.717) is 11.1 Å². The van der Waals surface area contributed by atoms with Gasteiger partial charge in [-0.05, 0) is 63.5 Å². The monoisotopic (exact) mass is 505 g/mol. The van der Waals surface area contributed by atoms with Crippen LogP contribution >= 0.6 is 0 Å². The number of hydrogen-bond acceptors (Lipinski definition) is 2. The van der Waals surface area contributed by atoms with Crippen molar-refractivity contribution in [1.82, 2.24) is 0 Å². The number of benzene rings is 6. The second-order valence-corrected chi connectivity index (χ2v) is 10.8. The van der Waals surface area contributed by atoms with Crippen LogP contribution in [0.2, 0.25) is 0 Å². The zero-order chi connectivity index (χ0) is 29.6. The van der Waals surface area contributed by atoms with Crippen molar-refractivity contribution in [3.8, 4) is 22.3 Å². The Kier molecular flexibility index (Phi) is 3.82. The fourth-order valence-electron chi connectivity index (χ4n) is 6.16. The molecule has 0 atom stereocenters. The van der Waals surface area contributed by atoms with Crippen molar-refractivity contribution >= 4 is 44.1 Å². The van der Waals surface area contributed by atoms with Gasteiger partial charge >= 0.3 is 0 Å². The van der Waals surface area contributed by atoms with Gasteiger partial charge < -0.3 is 9.73 Å². The molecule has 1 aliphatic rings. The zero-order valence-corrected chi connectivity index (χ0v) is 21.6. The molecule has 0 fully saturated rings. The first-order valence-electron chi connectivity index (χ1n) is 15.2. The molecular weight excluding hydrogens is 474 g/mol. The van der Waals surface area contributed by atoms with Gasteiger partial charge in [-0.1, -0.05) is 105 Å². The number of anilines is 2. The van der Waals surface area contributed by atoms with E-state index in [4.69, 9.17) is 9.90 Å². The van der Waals surface area contributed by atoms with Crippen LogP contribution < -0.4 is 5.32 Å². The molecule has 1 aromatic heterocycles. The Morgan fingerprint density at radius 1 is 0.590 bits per heavy atom. The van der Waals surface area contributed by atoms with Gasteiger partial charge in [-0.25, -0.2) is 0 Å². The molecule has 8 rings (SSSR count). The van der Waals surface area contributed by atoms with Gasteiger partial charge in [0.1, 0.15) is 11.2 Å². The summed E-state index contributed by atoms with van der Waals surface area (Å²) in [5.41, 5.74) is 7.55. The number of furan rings is 1. The summed E-state index contributed by atoms with van der Waals surface area (Å²) in [6.45, 7) is 4.40. The van der Waals surface area contributed by atoms with E-state index in [1.807, 2.05) is 54.6 Å². The molecule has 0 aliphatic heterocycles. The third-order valence-electron chi connectivity index (χ3n) is 8.14. The summed E-state index contributed by atoms with van der Waals surface area (Å²) in [7, 11) is 0. The van der Waals surface area contributed by atoms with E-state index in [2.05, 4.69) is 61.6 Å². The van der Waals surface area contributed by atoms with Crippen LogP contribution in [-0.2, 0) is 5.41 Å². The average molecular weight is 506 g/mol. The van der Waals surface area contributed by atoms with Crippen molar-refractivity contribution in [2.24, 2.45) is 0 Å². The molecule has 0 bridgehead atoms. The quantitative estimate of drug-likeness (QED) is 0.258. The van der Waals surface area contributed by atoms with Crippen molar-refractivity contribution in [2.75, 3.05) is 5.32 Å². The highest BCUT2D eigenvalue weighted by atomic mass is 16.3. The van der Waals surface area contributed by atoms with Crippen molar-refractivity contribution in [3.63, 3.8) is 0 Å². The molecule has 0 amide bonds. The first-order chi connectivity index (χ1) is 20.8. The molecule has 2 heteroatoms. The first-order valence-corrected chi connectivity index (χ1v) is 13.2. The smallest absolute Gasteiger partial charge is 0.143 e. The van der Waals surface area contributed by atoms with Crippen LogP contribution in [0.5, 0.6) is 0 Å². The van der Waals surface area contributed by atoms with Crippen LogP contribution in [0.1, 0.15) is 30.5 Å². The molecule has 0 spiro atoms. The molecule has 0 saturated heterocycles. The molecule has 0 unspecified atom stereocenters. The third kappa shape index (κ3) is 3.28. The Hall–Kier alpha value is -4.82. The maximum atomic E-state index is 9.02. The fourth-order valence-corrected chi connectivity index (χ4v) is 6.16. The van der Waals surface area contributed by atoms with E-state index in [9.17, 15) is 0 Å². The van der Waals surface area contributed by atoms with E-state index in [1.54, 1.807) is 0 Å². The Labute approximate surface area is 233 Å². The van der Waals surface area contributed by atoms with Crippen LogP contribution in [0.3, 0.4) is 0 Å². The van der Waals surface area contributed by atoms with E-state index in [-0.39, 0.29) is 40.8 Å². The molecule has 186 valence electrons. The third-order valence-corrected chi connectivity index (χ3v) is 8.14. The summed E-state index contributed by atoms with van der Waals surface area (Å²) in [6, 6.07) is 31.8. The Morgan fingerprint density at radius 3 is 2.21 bits per heavy atom. The van der Waals surface area contributed by atoms with Gasteiger partial charge in [0.15, 0.2) is 0 Å². The van der Waals surface area contributed by atoms with Crippen molar-refractivity contribution in [2.45, 2.75) is 19.3 Å². The summed E-state index contributed by atoms with van der Waals surface area (Å²) in [5.74, 6) is 0. The molecule has 39 heavy (non-hydrogen) atoms. The van der Waals surface area contributed by atoms with E-state index in [1.165, 1.54) is 16.7 Å². The van der Waals surface area contributed by atoms with Crippen LogP contribution in [0, 0.1) is 0 Å². The molecule has 1 aliphatic carbocycles. The van der Waals surface area contributed by atoms with Gasteiger partial charge in [0.25, 0.3) is 0 Å². The van der Waals surface area contributed by atoms with Crippen LogP contribution in [0.4, 0.5) is 11.4 Å². The number of fused-ring (bicyclic) bond motifs is 8. The average Bonchev–Trinajstić information content (AvgIpc) is 3.52. The molecule has 1 heterocycles. The first kappa shape index (κ1) is 18.4. The minimum absolute atomic E-state index is 0.116. The van der Waals surface area contributed by atoms with Crippen LogP contribution in [0.25, 0.3) is 55.0 Å². The maximum absolute atomic E-state index is 9.02. The molecule has 0 saturated carbocycles. The summed E-state index contributed by atoms with van der Waals surface area (Å²) < 4.78 is 42.4. The van der Waals surface area contributed by atoms with Gasteiger partial charge in [0.2, 0.25) is 0 Å². The fraction of sp³-hybridized carbons (Fsp3) is 0.0811. The molecule has 6 aromatic carbocycles. The van der Waals surface area contributed by atoms with Crippen molar-refractivity contribution in [1.29, 1.82) is 0 Å². The Bertz CT molecular complexity index is 2270. The lowest BCUT2D eigenvalue weighted by Crippen LogP contribution is -2.15. The SMILES string of the molecule is [2H]c1c([2H])c(-c2cccc3c2oc2c4ccccc4ccc32)c([2H])c([2H])c1Nc1ccc2c(c1)C(C)(C)c1ccccc1-2. The van der Waals surface area contributed by atoms with Crippen molar-refractivity contribution in [3.05, 3.63) is 132 Å². The Morgan fingerprint density at radius 2 is 1.31 bits per heavy atom. The van der Waals surface area contributed by atoms with E-state index in [0.717, 1.165) is 38.4 Å². The van der Waals surface area contributed by atoms with Crippen LogP contribution in [0.15, 0.2) is 126 Å². The predicted molar refractivity (Wildman–Crippen MR) is 164 cm³/mol. The highest BCUT2D eigenvalue weighted by Gasteiger charge is 2.35. The normalized spacial score (nSPS) is 15.0. The summed E-state index contributed by atoms with van der Waals surface area (Å²) in [6.07, 6.45) is 0. The van der Waals surface area contributed by atoms with Gasteiger partial charge in [0, 0.05) is 38.5 Å². The minimum Gasteiger partial charge on any atom is -0.455 e. The second-order valence-electron chi connectivity index (χ2n) is 10.8. The summed E-state index contributed by atoms with van der Waals surface area (Å²) in [5, 5.41) is 7.11. The largest absolute Gasteiger partial charge is 0.455 e. The van der Waals surface area contributed by atoms with Crippen molar-refractivity contribution < 1.29 is 9.90 Å². The number of nitrogens with one attached hydrogen (secondary N) is 1. The molecule has 7 aromatic rings. The lowest BCUT2D eigenvalue weighted by atomic mass is 9.82. The van der Waals surface area contributed by atoms with Gasteiger partial charge in [-0.2, -0.15) is 0 Å². The second kappa shape index (κ2) is 8.09. The summed E-state index contributed by atoms with van der Waals surface area (Å²) >= 11 is 0. The van der Waals surface area contributed by atoms with E-state index >= 15 is 0 Å². The standard InChI is InChI=1S/C37H27NO/c1-37(2)33-13-6-5-10-29(33)30-21-19-26(22-34(30)37)38-25-17-14-24(15-18-25)28-11-7-12-31-32-20-16-23-8-3-4-9-27(23)36(32)39-35(28)31/h3-22,38H,1-2H3/i14D,15D,17D,18D. The summed E-state index contributed by atoms with van der Waals surface area (Å²) in [4.78, 5) is 0. The van der Waals surface area contributed by atoms with Gasteiger partial charge in [0.05, 0.1) is 5.48 Å². The minimum atomic E-state index is -0.196. The highest BCUT2D eigenvalue weighted by Crippen LogP contribution is 2.49. The molecule has 0 radical (unpaired) electrons. The van der Waals surface area contributed by atoms with Gasteiger partial charge in [-0.3, -0.25) is 0 Å². The predicted octanol–water partition coefficient (Wildman–Crippen LogP) is 10.5. The zero-order valence-electron chi connectivity index (χ0n) is 25.6. The van der Waals surface area contributed by atoms with E-state index < -0.39 is 0 Å². The van der Waals surface area contributed by atoms with Crippen LogP contribution in [-0.4, -0.2) is 0 Å². The molecule has 1 N–H and O–H groups in total. The maximum Gasteiger partial charge on any atom is 0.143 e. The number of hydrogen-bond donors (Lipinski definition) is 1. The Balaban J connectivity index is 1.26. The molecule has 2 nitrogen and oxygen atoms in total. The molecular formula is C37H27NO. The van der Waals surface area contributed by atoms with Gasteiger partial charge in [-0.15, -0.1) is 0 Å².